The molecule has 7 heteroatoms. The third-order valence-corrected chi connectivity index (χ3v) is 5.40. The second kappa shape index (κ2) is 7.86. The predicted octanol–water partition coefficient (Wildman–Crippen LogP) is 1.38. The molecular weight excluding hydrogens is 310 g/mol. The standard InChI is InChI=1S/C16H25N5OS/c1-13(22)17-10-14-3-2-4-21(11-14)16-9-15(18-12-19-16)20-5-7-23-8-6-20/h9,12,14H,2-8,10-11H2,1H3,(H,17,22). The molecule has 0 bridgehead atoms. The number of rotatable bonds is 4. The van der Waals surface area contributed by atoms with Crippen LogP contribution in [-0.2, 0) is 4.79 Å². The van der Waals surface area contributed by atoms with Gasteiger partial charge in [0.05, 0.1) is 0 Å². The van der Waals surface area contributed by atoms with Crippen LogP contribution in [0.4, 0.5) is 11.6 Å². The fourth-order valence-corrected chi connectivity index (χ4v) is 4.11. The van der Waals surface area contributed by atoms with Gasteiger partial charge in [-0.25, -0.2) is 9.97 Å². The van der Waals surface area contributed by atoms with Crippen LogP contribution in [0.5, 0.6) is 0 Å². The minimum absolute atomic E-state index is 0.0504. The highest BCUT2D eigenvalue weighted by Crippen LogP contribution is 2.24. The highest BCUT2D eigenvalue weighted by molar-refractivity contribution is 7.99. The Labute approximate surface area is 142 Å². The van der Waals surface area contributed by atoms with Crippen molar-refractivity contribution in [1.82, 2.24) is 15.3 Å². The maximum atomic E-state index is 11.1. The van der Waals surface area contributed by atoms with Gasteiger partial charge >= 0.3 is 0 Å². The molecular formula is C16H25N5OS. The van der Waals surface area contributed by atoms with Gasteiger partial charge in [-0.2, -0.15) is 11.8 Å². The number of nitrogens with one attached hydrogen (secondary N) is 1. The van der Waals surface area contributed by atoms with E-state index in [0.29, 0.717) is 5.92 Å². The number of carbonyl (C=O) groups is 1. The van der Waals surface area contributed by atoms with Crippen molar-refractivity contribution in [3.63, 3.8) is 0 Å². The second-order valence-corrected chi connectivity index (χ2v) is 7.45. The lowest BCUT2D eigenvalue weighted by Gasteiger charge is -2.34. The lowest BCUT2D eigenvalue weighted by Crippen LogP contribution is -2.41. The summed E-state index contributed by atoms with van der Waals surface area (Å²) in [6.45, 7) is 6.44. The Morgan fingerprint density at radius 2 is 2.00 bits per heavy atom. The molecule has 3 heterocycles. The highest BCUT2D eigenvalue weighted by Gasteiger charge is 2.22. The summed E-state index contributed by atoms with van der Waals surface area (Å²) in [7, 11) is 0. The van der Waals surface area contributed by atoms with Gasteiger partial charge in [-0.15, -0.1) is 0 Å². The Hall–Kier alpha value is -1.50. The number of nitrogens with zero attached hydrogens (tertiary/aromatic N) is 4. The van der Waals surface area contributed by atoms with E-state index in [-0.39, 0.29) is 5.91 Å². The molecule has 2 saturated heterocycles. The van der Waals surface area contributed by atoms with E-state index in [4.69, 9.17) is 0 Å². The molecule has 1 N–H and O–H groups in total. The molecule has 1 amide bonds. The summed E-state index contributed by atoms with van der Waals surface area (Å²) >= 11 is 2.00. The molecule has 0 saturated carbocycles. The van der Waals surface area contributed by atoms with Crippen LogP contribution in [0.25, 0.3) is 0 Å². The van der Waals surface area contributed by atoms with Crippen molar-refractivity contribution in [2.24, 2.45) is 5.92 Å². The number of aromatic nitrogens is 2. The maximum absolute atomic E-state index is 11.1. The first-order valence-electron chi connectivity index (χ1n) is 8.36. The van der Waals surface area contributed by atoms with E-state index in [2.05, 4.69) is 31.2 Å². The summed E-state index contributed by atoms with van der Waals surface area (Å²) in [6, 6.07) is 2.12. The average molecular weight is 335 g/mol. The van der Waals surface area contributed by atoms with Crippen molar-refractivity contribution >= 4 is 29.3 Å². The van der Waals surface area contributed by atoms with E-state index in [9.17, 15) is 4.79 Å². The number of thioether (sulfide) groups is 1. The summed E-state index contributed by atoms with van der Waals surface area (Å²) in [6.07, 6.45) is 3.99. The van der Waals surface area contributed by atoms with Gasteiger partial charge in [-0.1, -0.05) is 0 Å². The summed E-state index contributed by atoms with van der Waals surface area (Å²) in [4.78, 5) is 24.7. The Morgan fingerprint density at radius 3 is 2.74 bits per heavy atom. The fraction of sp³-hybridized carbons (Fsp3) is 0.688. The molecule has 1 atom stereocenters. The number of carbonyl (C=O) groups excluding carboxylic acids is 1. The van der Waals surface area contributed by atoms with Gasteiger partial charge in [0, 0.05) is 57.2 Å². The number of piperidine rings is 1. The van der Waals surface area contributed by atoms with Gasteiger partial charge < -0.3 is 15.1 Å². The molecule has 0 spiro atoms. The molecule has 2 fully saturated rings. The van der Waals surface area contributed by atoms with Crippen molar-refractivity contribution in [2.75, 3.05) is 54.0 Å². The van der Waals surface area contributed by atoms with E-state index in [1.54, 1.807) is 13.3 Å². The van der Waals surface area contributed by atoms with Gasteiger partial charge in [-0.3, -0.25) is 4.79 Å². The van der Waals surface area contributed by atoms with E-state index < -0.39 is 0 Å². The Bertz CT molecular complexity index is 535. The third-order valence-electron chi connectivity index (χ3n) is 4.46. The van der Waals surface area contributed by atoms with Crippen molar-refractivity contribution in [2.45, 2.75) is 19.8 Å². The zero-order valence-corrected chi connectivity index (χ0v) is 14.5. The van der Waals surface area contributed by atoms with Crippen molar-refractivity contribution in [3.8, 4) is 0 Å². The Balaban J connectivity index is 1.64. The van der Waals surface area contributed by atoms with Crippen LogP contribution < -0.4 is 15.1 Å². The quantitative estimate of drug-likeness (QED) is 0.897. The highest BCUT2D eigenvalue weighted by atomic mass is 32.2. The first kappa shape index (κ1) is 16.4. The number of amides is 1. The first-order valence-corrected chi connectivity index (χ1v) is 9.52. The van der Waals surface area contributed by atoms with Crippen molar-refractivity contribution in [3.05, 3.63) is 12.4 Å². The maximum Gasteiger partial charge on any atom is 0.216 e. The SMILES string of the molecule is CC(=O)NCC1CCCN(c2cc(N3CCSCC3)ncn2)C1. The minimum Gasteiger partial charge on any atom is -0.356 e. The summed E-state index contributed by atoms with van der Waals surface area (Å²) in [5.74, 6) is 4.94. The third kappa shape index (κ3) is 4.50. The van der Waals surface area contributed by atoms with Gasteiger partial charge in [0.15, 0.2) is 0 Å². The molecule has 1 unspecified atom stereocenters. The monoisotopic (exact) mass is 335 g/mol. The lowest BCUT2D eigenvalue weighted by molar-refractivity contribution is -0.119. The van der Waals surface area contributed by atoms with Gasteiger partial charge in [0.1, 0.15) is 18.0 Å². The van der Waals surface area contributed by atoms with Crippen LogP contribution >= 0.6 is 11.8 Å². The molecule has 0 aliphatic carbocycles. The normalized spacial score (nSPS) is 22.0. The molecule has 126 valence electrons. The summed E-state index contributed by atoms with van der Waals surface area (Å²) in [5, 5.41) is 2.94. The number of hydrogen-bond acceptors (Lipinski definition) is 6. The number of anilines is 2. The van der Waals surface area contributed by atoms with Crippen LogP contribution in [0.3, 0.4) is 0 Å². The zero-order valence-electron chi connectivity index (χ0n) is 13.7. The van der Waals surface area contributed by atoms with Gasteiger partial charge in [0.25, 0.3) is 0 Å². The molecule has 6 nitrogen and oxygen atoms in total. The molecule has 2 aliphatic rings. The molecule has 1 aromatic rings. The second-order valence-electron chi connectivity index (χ2n) is 6.23. The average Bonchev–Trinajstić information content (AvgIpc) is 2.61. The van der Waals surface area contributed by atoms with Crippen LogP contribution in [0, 0.1) is 5.92 Å². The smallest absolute Gasteiger partial charge is 0.216 e. The van der Waals surface area contributed by atoms with Crippen LogP contribution in [0.1, 0.15) is 19.8 Å². The van der Waals surface area contributed by atoms with Crippen LogP contribution in [-0.4, -0.2) is 60.1 Å². The molecule has 0 radical (unpaired) electrons. The largest absolute Gasteiger partial charge is 0.356 e. The van der Waals surface area contributed by atoms with E-state index in [1.807, 2.05) is 11.8 Å². The molecule has 3 rings (SSSR count). The van der Waals surface area contributed by atoms with Crippen molar-refractivity contribution < 1.29 is 4.79 Å². The Kier molecular flexibility index (Phi) is 5.59. The Morgan fingerprint density at radius 1 is 1.26 bits per heavy atom. The predicted molar refractivity (Wildman–Crippen MR) is 95.2 cm³/mol. The topological polar surface area (TPSA) is 61.4 Å². The van der Waals surface area contributed by atoms with Crippen LogP contribution in [0.15, 0.2) is 12.4 Å². The molecule has 0 aromatic carbocycles. The zero-order chi connectivity index (χ0) is 16.1. The lowest BCUT2D eigenvalue weighted by atomic mass is 9.98. The van der Waals surface area contributed by atoms with E-state index >= 15 is 0 Å². The summed E-state index contributed by atoms with van der Waals surface area (Å²) < 4.78 is 0. The number of hydrogen-bond donors (Lipinski definition) is 1. The van der Waals surface area contributed by atoms with Crippen LogP contribution in [0.2, 0.25) is 0 Å². The van der Waals surface area contributed by atoms with Gasteiger partial charge in [-0.05, 0) is 18.8 Å². The van der Waals surface area contributed by atoms with E-state index in [1.165, 1.54) is 11.5 Å². The van der Waals surface area contributed by atoms with Gasteiger partial charge in [0.2, 0.25) is 5.91 Å². The van der Waals surface area contributed by atoms with E-state index in [0.717, 1.165) is 57.2 Å². The fourth-order valence-electron chi connectivity index (χ4n) is 3.20. The molecule has 1 aromatic heterocycles. The first-order chi connectivity index (χ1) is 11.2. The minimum atomic E-state index is 0.0504. The van der Waals surface area contributed by atoms with Crippen molar-refractivity contribution in [1.29, 1.82) is 0 Å². The molecule has 23 heavy (non-hydrogen) atoms. The summed E-state index contributed by atoms with van der Waals surface area (Å²) in [5.41, 5.74) is 0. The molecule has 2 aliphatic heterocycles.